The topological polar surface area (TPSA) is 95.1 Å². The first-order valence-corrected chi connectivity index (χ1v) is 6.73. The van der Waals surface area contributed by atoms with Crippen molar-refractivity contribution in [1.29, 1.82) is 0 Å². The van der Waals surface area contributed by atoms with Crippen LogP contribution in [-0.2, 0) is 15.6 Å². The van der Waals surface area contributed by atoms with Crippen molar-refractivity contribution in [2.45, 2.75) is 24.8 Å². The average Bonchev–Trinajstić information content (AvgIpc) is 2.62. The normalized spacial score (nSPS) is 10.7. The molecule has 0 aliphatic rings. The Morgan fingerprint density at radius 3 is 2.71 bits per heavy atom. The largest absolute Gasteiger partial charge is 0.410 e. The van der Waals surface area contributed by atoms with Crippen LogP contribution in [0.25, 0.3) is 0 Å². The van der Waals surface area contributed by atoms with Crippen molar-refractivity contribution in [3.8, 4) is 11.8 Å². The van der Waals surface area contributed by atoms with Crippen LogP contribution < -0.4 is 0 Å². The highest BCUT2D eigenvalue weighted by Crippen LogP contribution is 2.24. The van der Waals surface area contributed by atoms with Gasteiger partial charge in [-0.1, -0.05) is 0 Å². The summed E-state index contributed by atoms with van der Waals surface area (Å²) in [6.45, 7) is 1.91. The van der Waals surface area contributed by atoms with Gasteiger partial charge in [-0.15, -0.1) is 11.8 Å². The van der Waals surface area contributed by atoms with Gasteiger partial charge in [-0.2, -0.15) is 4.68 Å². The van der Waals surface area contributed by atoms with Crippen molar-refractivity contribution in [3.63, 3.8) is 0 Å². The van der Waals surface area contributed by atoms with Crippen molar-refractivity contribution >= 4 is 25.6 Å². The van der Waals surface area contributed by atoms with Crippen LogP contribution in [0.5, 0.6) is 0 Å². The van der Waals surface area contributed by atoms with Crippen LogP contribution in [0.3, 0.4) is 0 Å². The fourth-order valence-corrected chi connectivity index (χ4v) is 2.01. The molecule has 17 heavy (non-hydrogen) atoms. The van der Waals surface area contributed by atoms with Crippen LogP contribution >= 0.6 is 10.7 Å². The van der Waals surface area contributed by atoms with Gasteiger partial charge in [-0.3, -0.25) is 0 Å². The third-order valence-electron chi connectivity index (χ3n) is 1.79. The molecule has 0 atom stereocenters. The molecule has 0 unspecified atom stereocenters. The van der Waals surface area contributed by atoms with Gasteiger partial charge in [0, 0.05) is 17.1 Å². The first kappa shape index (κ1) is 13.5. The highest BCUT2D eigenvalue weighted by atomic mass is 35.7. The van der Waals surface area contributed by atoms with E-state index in [1.165, 1.54) is 0 Å². The van der Waals surface area contributed by atoms with E-state index in [9.17, 15) is 18.5 Å². The number of rotatable bonds is 4. The lowest BCUT2D eigenvalue weighted by atomic mass is 10.4. The Balaban J connectivity index is 3.12. The van der Waals surface area contributed by atoms with Crippen molar-refractivity contribution < 1.29 is 13.3 Å². The third-order valence-corrected chi connectivity index (χ3v) is 3.10. The molecule has 0 fully saturated rings. The van der Waals surface area contributed by atoms with Gasteiger partial charge < -0.3 is 10.1 Å². The van der Waals surface area contributed by atoms with E-state index in [0.29, 0.717) is 6.42 Å². The third kappa shape index (κ3) is 3.44. The smallest absolute Gasteiger partial charge is 0.358 e. The minimum absolute atomic E-state index is 0.258. The van der Waals surface area contributed by atoms with Gasteiger partial charge in [0.05, 0.1) is 17.8 Å². The number of aryl methyl sites for hydroxylation is 1. The van der Waals surface area contributed by atoms with E-state index in [-0.39, 0.29) is 6.54 Å². The summed E-state index contributed by atoms with van der Waals surface area (Å²) in [5.74, 6) is 4.60. The van der Waals surface area contributed by atoms with Crippen molar-refractivity contribution in [2.75, 3.05) is 0 Å². The zero-order valence-corrected chi connectivity index (χ0v) is 10.3. The lowest BCUT2D eigenvalue weighted by Crippen LogP contribution is -1.99. The molecule has 1 rings (SSSR count). The molecule has 1 aromatic rings. The number of nitrogens with zero attached hydrogens (tertiary/aromatic N) is 3. The Bertz CT molecular complexity index is 596. The predicted molar refractivity (Wildman–Crippen MR) is 60.0 cm³/mol. The number of aromatic nitrogens is 2. The van der Waals surface area contributed by atoms with E-state index in [1.54, 1.807) is 6.92 Å². The standard InChI is InChI=1S/C8H8ClN3O4S/c1-2-3-4-5-11-6-7(17(9,15)16)8(10-11)12(13)14/h6H,4-5H2,1H3. The highest BCUT2D eigenvalue weighted by Gasteiger charge is 2.29. The zero-order valence-electron chi connectivity index (χ0n) is 8.75. The predicted octanol–water partition coefficient (Wildman–Crippen LogP) is 1.13. The molecular weight excluding hydrogens is 270 g/mol. The Labute approximate surface area is 102 Å². The van der Waals surface area contributed by atoms with Crippen LogP contribution in [0.4, 0.5) is 5.82 Å². The van der Waals surface area contributed by atoms with Gasteiger partial charge in [0.25, 0.3) is 9.05 Å². The van der Waals surface area contributed by atoms with Crippen LogP contribution in [0.15, 0.2) is 11.1 Å². The highest BCUT2D eigenvalue weighted by molar-refractivity contribution is 8.13. The van der Waals surface area contributed by atoms with Crippen LogP contribution in [0, 0.1) is 22.0 Å². The van der Waals surface area contributed by atoms with Gasteiger partial charge in [0.15, 0.2) is 0 Å². The van der Waals surface area contributed by atoms with E-state index in [4.69, 9.17) is 10.7 Å². The van der Waals surface area contributed by atoms with Gasteiger partial charge in [0.2, 0.25) is 4.90 Å². The maximum Gasteiger partial charge on any atom is 0.410 e. The molecule has 0 spiro atoms. The van der Waals surface area contributed by atoms with Gasteiger partial charge in [0.1, 0.15) is 0 Å². The molecule has 0 radical (unpaired) electrons. The molecule has 0 bridgehead atoms. The Morgan fingerprint density at radius 2 is 2.29 bits per heavy atom. The summed E-state index contributed by atoms with van der Waals surface area (Å²) < 4.78 is 23.3. The molecule has 0 aliphatic heterocycles. The quantitative estimate of drug-likeness (QED) is 0.356. The number of nitro groups is 1. The first-order valence-electron chi connectivity index (χ1n) is 4.42. The maximum absolute atomic E-state index is 11.1. The Morgan fingerprint density at radius 1 is 1.65 bits per heavy atom. The summed E-state index contributed by atoms with van der Waals surface area (Å²) in [4.78, 5) is 9.10. The molecular formula is C8H8ClN3O4S. The van der Waals surface area contributed by atoms with E-state index in [2.05, 4.69) is 16.9 Å². The molecule has 0 saturated heterocycles. The maximum atomic E-state index is 11.1. The van der Waals surface area contributed by atoms with E-state index in [0.717, 1.165) is 10.9 Å². The molecule has 7 nitrogen and oxygen atoms in total. The van der Waals surface area contributed by atoms with Crippen LogP contribution in [-0.4, -0.2) is 23.1 Å². The fourth-order valence-electron chi connectivity index (χ4n) is 1.10. The monoisotopic (exact) mass is 277 g/mol. The van der Waals surface area contributed by atoms with Gasteiger partial charge >= 0.3 is 5.82 Å². The second kappa shape index (κ2) is 5.16. The molecule has 1 aromatic heterocycles. The van der Waals surface area contributed by atoms with E-state index < -0.39 is 24.7 Å². The minimum Gasteiger partial charge on any atom is -0.358 e. The lowest BCUT2D eigenvalue weighted by Gasteiger charge is -1.89. The van der Waals surface area contributed by atoms with Gasteiger partial charge in [-0.05, 0) is 11.8 Å². The lowest BCUT2D eigenvalue weighted by molar-refractivity contribution is -0.392. The molecule has 0 aliphatic carbocycles. The number of hydrogen-bond acceptors (Lipinski definition) is 5. The van der Waals surface area contributed by atoms with Crippen LogP contribution in [0.2, 0.25) is 0 Å². The molecule has 1 heterocycles. The van der Waals surface area contributed by atoms with E-state index >= 15 is 0 Å². The fraction of sp³-hybridized carbons (Fsp3) is 0.375. The van der Waals surface area contributed by atoms with Crippen molar-refractivity contribution in [1.82, 2.24) is 9.78 Å². The molecule has 0 saturated carbocycles. The zero-order chi connectivity index (χ0) is 13.1. The number of halogens is 1. The summed E-state index contributed by atoms with van der Waals surface area (Å²) >= 11 is 0. The summed E-state index contributed by atoms with van der Waals surface area (Å²) in [6, 6.07) is 0. The van der Waals surface area contributed by atoms with Crippen molar-refractivity contribution in [2.24, 2.45) is 0 Å². The first-order chi connectivity index (χ1) is 7.86. The summed E-state index contributed by atoms with van der Waals surface area (Å²) in [5, 5.41) is 14.1. The van der Waals surface area contributed by atoms with Crippen molar-refractivity contribution in [3.05, 3.63) is 16.3 Å². The Kier molecular flexibility index (Phi) is 4.09. The van der Waals surface area contributed by atoms with E-state index in [1.807, 2.05) is 0 Å². The van der Waals surface area contributed by atoms with Gasteiger partial charge in [-0.25, -0.2) is 8.42 Å². The average molecular weight is 278 g/mol. The second-order valence-electron chi connectivity index (χ2n) is 2.95. The molecule has 9 heteroatoms. The minimum atomic E-state index is -4.18. The molecule has 0 amide bonds. The molecule has 0 N–H and O–H groups in total. The SMILES string of the molecule is CC#CCCn1cc(S(=O)(=O)Cl)c([N+](=O)[O-])n1. The molecule has 92 valence electrons. The summed E-state index contributed by atoms with van der Waals surface area (Å²) in [7, 11) is 0.892. The number of hydrogen-bond donors (Lipinski definition) is 0. The summed E-state index contributed by atoms with van der Waals surface area (Å²) in [6.07, 6.45) is 1.44. The summed E-state index contributed by atoms with van der Waals surface area (Å²) in [5.41, 5.74) is 0. The van der Waals surface area contributed by atoms with Crippen LogP contribution in [0.1, 0.15) is 13.3 Å². The second-order valence-corrected chi connectivity index (χ2v) is 5.49. The molecule has 0 aromatic carbocycles. The Hall–Kier alpha value is -1.59.